The Labute approximate surface area is 278 Å². The number of rotatable bonds is 14. The van der Waals surface area contributed by atoms with Gasteiger partial charge in [-0.3, -0.25) is 13.9 Å². The van der Waals surface area contributed by atoms with Gasteiger partial charge >= 0.3 is 6.18 Å². The van der Waals surface area contributed by atoms with Crippen molar-refractivity contribution in [3.8, 4) is 0 Å². The molecular weight excluding hydrogens is 646 g/mol. The van der Waals surface area contributed by atoms with Crippen molar-refractivity contribution in [2.45, 2.75) is 56.8 Å². The van der Waals surface area contributed by atoms with Crippen LogP contribution < -0.4 is 9.62 Å². The molecule has 48 heavy (non-hydrogen) atoms. The average Bonchev–Trinajstić information content (AvgIpc) is 3.06. The van der Waals surface area contributed by atoms with Gasteiger partial charge in [0, 0.05) is 25.1 Å². The number of unbranched alkanes of at least 4 members (excludes halogenated alkanes) is 1. The first-order valence-electron chi connectivity index (χ1n) is 15.4. The molecule has 0 aliphatic rings. The predicted octanol–water partition coefficient (Wildman–Crippen LogP) is 6.90. The van der Waals surface area contributed by atoms with E-state index >= 15 is 4.39 Å². The molecule has 0 radical (unpaired) electrons. The van der Waals surface area contributed by atoms with E-state index in [2.05, 4.69) is 5.32 Å². The van der Waals surface area contributed by atoms with Crippen molar-refractivity contribution in [3.05, 3.63) is 131 Å². The first-order valence-corrected chi connectivity index (χ1v) is 16.9. The highest BCUT2D eigenvalue weighted by Crippen LogP contribution is 2.33. The monoisotopic (exact) mass is 683 g/mol. The smallest absolute Gasteiger partial charge is 0.354 e. The Hall–Kier alpha value is -4.71. The highest BCUT2D eigenvalue weighted by molar-refractivity contribution is 7.92. The summed E-state index contributed by atoms with van der Waals surface area (Å²) in [6.45, 7) is 2.60. The topological polar surface area (TPSA) is 86.8 Å². The maximum atomic E-state index is 15.0. The largest absolute Gasteiger partial charge is 0.416 e. The molecule has 0 aromatic heterocycles. The molecule has 12 heteroatoms. The number of alkyl halides is 3. The van der Waals surface area contributed by atoms with Gasteiger partial charge in [-0.1, -0.05) is 85.6 Å². The summed E-state index contributed by atoms with van der Waals surface area (Å²) in [6.07, 6.45) is -3.35. The fourth-order valence-corrected chi connectivity index (χ4v) is 6.48. The van der Waals surface area contributed by atoms with E-state index in [9.17, 15) is 31.2 Å². The van der Waals surface area contributed by atoms with Crippen LogP contribution in [0.15, 0.2) is 108 Å². The minimum absolute atomic E-state index is 0.00720. The first-order chi connectivity index (χ1) is 22.8. The van der Waals surface area contributed by atoms with Crippen molar-refractivity contribution in [3.63, 3.8) is 0 Å². The molecule has 0 aliphatic heterocycles. The third-order valence-corrected chi connectivity index (χ3v) is 9.54. The van der Waals surface area contributed by atoms with Crippen LogP contribution in [0, 0.1) is 12.7 Å². The number of carbonyl (C=O) groups excluding carboxylic acids is 2. The van der Waals surface area contributed by atoms with Crippen LogP contribution in [0.1, 0.15) is 42.0 Å². The molecule has 2 amide bonds. The molecule has 0 aliphatic carbocycles. The minimum atomic E-state index is -4.80. The summed E-state index contributed by atoms with van der Waals surface area (Å²) < 4.78 is 85.1. The lowest BCUT2D eigenvalue weighted by Crippen LogP contribution is -2.53. The van der Waals surface area contributed by atoms with Crippen LogP contribution in [-0.2, 0) is 38.8 Å². The Kier molecular flexibility index (Phi) is 12.0. The van der Waals surface area contributed by atoms with Crippen molar-refractivity contribution < 1.29 is 35.6 Å². The van der Waals surface area contributed by atoms with Gasteiger partial charge in [-0.25, -0.2) is 12.8 Å². The standard InChI is InChI=1S/C36H37F4N3O4S/c1-3-4-21-41-35(45)33(22-27-11-6-5-7-12-27)42(24-28-13-8-9-16-32(28)37)34(44)25-43(30-15-10-14-29(23-30)36(38,39)40)48(46,47)31-19-17-26(2)18-20-31/h5-20,23,33H,3-4,21-22,24-25H2,1-2H3,(H,41,45)/t33-/m1/s1. The third kappa shape index (κ3) is 9.21. The molecule has 0 saturated carbocycles. The van der Waals surface area contributed by atoms with Crippen molar-refractivity contribution in [1.82, 2.24) is 10.2 Å². The molecule has 1 N–H and O–H groups in total. The van der Waals surface area contributed by atoms with Gasteiger partial charge in [0.25, 0.3) is 10.0 Å². The molecule has 0 bridgehead atoms. The van der Waals surface area contributed by atoms with E-state index in [1.807, 2.05) is 6.92 Å². The molecule has 0 saturated heterocycles. The van der Waals surface area contributed by atoms with Gasteiger partial charge in [0.05, 0.1) is 16.1 Å². The maximum Gasteiger partial charge on any atom is 0.416 e. The van der Waals surface area contributed by atoms with Crippen LogP contribution in [0.25, 0.3) is 0 Å². The van der Waals surface area contributed by atoms with Gasteiger partial charge < -0.3 is 10.2 Å². The Bertz CT molecular complexity index is 1800. The van der Waals surface area contributed by atoms with Crippen LogP contribution in [0.5, 0.6) is 0 Å². The summed E-state index contributed by atoms with van der Waals surface area (Å²) >= 11 is 0. The second-order valence-electron chi connectivity index (χ2n) is 11.3. The van der Waals surface area contributed by atoms with E-state index in [1.54, 1.807) is 43.3 Å². The van der Waals surface area contributed by atoms with Crippen LogP contribution in [0.2, 0.25) is 0 Å². The van der Waals surface area contributed by atoms with Crippen LogP contribution in [-0.4, -0.2) is 44.3 Å². The molecule has 0 unspecified atom stereocenters. The number of carbonyl (C=O) groups is 2. The van der Waals surface area contributed by atoms with Crippen LogP contribution in [0.4, 0.5) is 23.2 Å². The number of halogens is 4. The van der Waals surface area contributed by atoms with Crippen LogP contribution >= 0.6 is 0 Å². The number of sulfonamides is 1. The van der Waals surface area contributed by atoms with E-state index in [4.69, 9.17) is 0 Å². The lowest BCUT2D eigenvalue weighted by Gasteiger charge is -2.34. The van der Waals surface area contributed by atoms with E-state index in [-0.39, 0.29) is 16.9 Å². The Morgan fingerprint density at radius 2 is 1.54 bits per heavy atom. The molecule has 0 spiro atoms. The van der Waals surface area contributed by atoms with Crippen molar-refractivity contribution >= 4 is 27.5 Å². The molecule has 4 aromatic carbocycles. The number of benzene rings is 4. The molecular formula is C36H37F4N3O4S. The minimum Gasteiger partial charge on any atom is -0.354 e. The first kappa shape index (κ1) is 36.1. The molecule has 7 nitrogen and oxygen atoms in total. The van der Waals surface area contributed by atoms with E-state index in [0.717, 1.165) is 35.1 Å². The number of nitrogens with one attached hydrogen (secondary N) is 1. The van der Waals surface area contributed by atoms with Gasteiger partial charge in [-0.05, 0) is 55.3 Å². The highest BCUT2D eigenvalue weighted by Gasteiger charge is 2.36. The van der Waals surface area contributed by atoms with Crippen molar-refractivity contribution in [2.75, 3.05) is 17.4 Å². The van der Waals surface area contributed by atoms with Crippen molar-refractivity contribution in [1.29, 1.82) is 0 Å². The quantitative estimate of drug-likeness (QED) is 0.116. The van der Waals surface area contributed by atoms with Crippen LogP contribution in [0.3, 0.4) is 0 Å². The summed E-state index contributed by atoms with van der Waals surface area (Å²) in [4.78, 5) is 29.0. The number of nitrogens with zero attached hydrogens (tertiary/aromatic N) is 2. The fraction of sp³-hybridized carbons (Fsp3) is 0.278. The summed E-state index contributed by atoms with van der Waals surface area (Å²) in [5.41, 5.74) is -0.0306. The normalized spacial score (nSPS) is 12.3. The van der Waals surface area contributed by atoms with Gasteiger partial charge in [-0.2, -0.15) is 13.2 Å². The Morgan fingerprint density at radius 1 is 0.875 bits per heavy atom. The van der Waals surface area contributed by atoms with Gasteiger partial charge in [-0.15, -0.1) is 0 Å². The summed E-state index contributed by atoms with van der Waals surface area (Å²) in [5, 5.41) is 2.83. The lowest BCUT2D eigenvalue weighted by atomic mass is 10.0. The van der Waals surface area contributed by atoms with Gasteiger partial charge in [0.1, 0.15) is 18.4 Å². The molecule has 0 fully saturated rings. The number of aryl methyl sites for hydroxylation is 1. The molecule has 1 atom stereocenters. The molecule has 0 heterocycles. The number of amides is 2. The third-order valence-electron chi connectivity index (χ3n) is 7.75. The zero-order chi connectivity index (χ0) is 34.9. The zero-order valence-electron chi connectivity index (χ0n) is 26.6. The van der Waals surface area contributed by atoms with E-state index in [1.165, 1.54) is 42.5 Å². The Morgan fingerprint density at radius 3 is 2.19 bits per heavy atom. The average molecular weight is 684 g/mol. The second-order valence-corrected chi connectivity index (χ2v) is 13.2. The highest BCUT2D eigenvalue weighted by atomic mass is 32.2. The van der Waals surface area contributed by atoms with E-state index < -0.39 is 64.2 Å². The fourth-order valence-electron chi connectivity index (χ4n) is 5.07. The predicted molar refractivity (Wildman–Crippen MR) is 176 cm³/mol. The summed E-state index contributed by atoms with van der Waals surface area (Å²) in [7, 11) is -4.62. The van der Waals surface area contributed by atoms with E-state index in [0.29, 0.717) is 28.9 Å². The SMILES string of the molecule is CCCCNC(=O)[C@@H](Cc1ccccc1)N(Cc1ccccc1F)C(=O)CN(c1cccc(C(F)(F)F)c1)S(=O)(=O)c1ccc(C)cc1. The maximum absolute atomic E-state index is 15.0. The molecule has 4 rings (SSSR count). The lowest BCUT2D eigenvalue weighted by molar-refractivity contribution is -0.140. The number of hydrogen-bond donors (Lipinski definition) is 1. The van der Waals surface area contributed by atoms with Gasteiger partial charge in [0.2, 0.25) is 11.8 Å². The Balaban J connectivity index is 1.84. The zero-order valence-corrected chi connectivity index (χ0v) is 27.4. The molecule has 254 valence electrons. The second kappa shape index (κ2) is 15.9. The summed E-state index contributed by atoms with van der Waals surface area (Å²) in [5.74, 6) is -2.11. The number of hydrogen-bond acceptors (Lipinski definition) is 4. The van der Waals surface area contributed by atoms with Gasteiger partial charge in [0.15, 0.2) is 0 Å². The van der Waals surface area contributed by atoms with Crippen molar-refractivity contribution in [2.24, 2.45) is 0 Å². The number of anilines is 1. The summed E-state index contributed by atoms with van der Waals surface area (Å²) in [6, 6.07) is 22.6. The molecule has 4 aromatic rings.